The van der Waals surface area contributed by atoms with Gasteiger partial charge < -0.3 is 10.6 Å². The van der Waals surface area contributed by atoms with Crippen LogP contribution < -0.4 is 10.6 Å². The fourth-order valence-electron chi connectivity index (χ4n) is 3.68. The smallest absolute Gasteiger partial charge is 0.261 e. The first kappa shape index (κ1) is 22.9. The van der Waals surface area contributed by atoms with Gasteiger partial charge in [-0.2, -0.15) is 0 Å². The number of carbonyl (C=O) groups is 2. The average molecular weight is 402 g/mol. The number of nitrogens with one attached hydrogen (secondary N) is 2. The van der Waals surface area contributed by atoms with Crippen molar-refractivity contribution < 1.29 is 9.59 Å². The van der Waals surface area contributed by atoms with Crippen LogP contribution in [0.3, 0.4) is 0 Å². The van der Waals surface area contributed by atoms with E-state index in [1.165, 1.54) is 4.90 Å². The molecule has 0 aliphatic carbocycles. The first-order valence-corrected chi connectivity index (χ1v) is 10.5. The van der Waals surface area contributed by atoms with Crippen LogP contribution in [0.1, 0.15) is 61.3 Å². The van der Waals surface area contributed by atoms with Crippen molar-refractivity contribution in [3.63, 3.8) is 0 Å². The van der Waals surface area contributed by atoms with Gasteiger partial charge in [0, 0.05) is 45.3 Å². The molecule has 0 saturated carbocycles. The number of nitrogens with zero attached hydrogens (tertiary/aromatic N) is 3. The van der Waals surface area contributed by atoms with E-state index in [-0.39, 0.29) is 11.8 Å². The number of amides is 2. The average Bonchev–Trinajstić information content (AvgIpc) is 2.93. The second-order valence-corrected chi connectivity index (χ2v) is 7.87. The van der Waals surface area contributed by atoms with Gasteiger partial charge in [0.25, 0.3) is 11.8 Å². The molecular weight excluding hydrogens is 366 g/mol. The van der Waals surface area contributed by atoms with E-state index in [1.54, 1.807) is 31.3 Å². The first-order chi connectivity index (χ1) is 13.9. The molecule has 0 radical (unpaired) electrons. The molecule has 1 aliphatic rings. The molecule has 2 amide bonds. The predicted molar refractivity (Wildman–Crippen MR) is 117 cm³/mol. The Morgan fingerprint density at radius 2 is 1.52 bits per heavy atom. The van der Waals surface area contributed by atoms with Crippen LogP contribution in [-0.2, 0) is 0 Å². The molecular formula is C22H35N5O2. The standard InChI is InChI=1S/C22H35N5O2/c1-16(2)26(17(3)4)15-13-25-22(23-5)24-12-8-9-14-27-20(28)18-10-6-7-11-19(18)21(27)29/h6-7,10-11,16-17H,8-9,12-15H2,1-5H3,(H2,23,24,25). The van der Waals surface area contributed by atoms with Crippen LogP contribution in [-0.4, -0.2) is 72.9 Å². The van der Waals surface area contributed by atoms with Gasteiger partial charge >= 0.3 is 0 Å². The molecule has 29 heavy (non-hydrogen) atoms. The number of carbonyl (C=O) groups excluding carboxylic acids is 2. The summed E-state index contributed by atoms with van der Waals surface area (Å²) in [4.78, 5) is 32.7. The molecule has 1 aromatic rings. The van der Waals surface area contributed by atoms with Gasteiger partial charge in [0.1, 0.15) is 0 Å². The Labute approximate surface area is 174 Å². The fourth-order valence-corrected chi connectivity index (χ4v) is 3.68. The number of imide groups is 1. The third kappa shape index (κ3) is 6.03. The number of fused-ring (bicyclic) bond motifs is 1. The highest BCUT2D eigenvalue weighted by atomic mass is 16.2. The van der Waals surface area contributed by atoms with Crippen LogP contribution >= 0.6 is 0 Å². The normalized spacial score (nSPS) is 14.3. The number of hydrogen-bond donors (Lipinski definition) is 2. The number of aliphatic imine (C=N–C) groups is 1. The van der Waals surface area contributed by atoms with Crippen LogP contribution in [0.15, 0.2) is 29.3 Å². The molecule has 0 bridgehead atoms. The van der Waals surface area contributed by atoms with Gasteiger partial charge in [-0.3, -0.25) is 24.4 Å². The summed E-state index contributed by atoms with van der Waals surface area (Å²) in [6, 6.07) is 8.02. The number of guanidine groups is 1. The van der Waals surface area contributed by atoms with Crippen molar-refractivity contribution in [2.45, 2.75) is 52.6 Å². The van der Waals surface area contributed by atoms with E-state index < -0.39 is 0 Å². The van der Waals surface area contributed by atoms with Crippen molar-refractivity contribution >= 4 is 17.8 Å². The molecule has 2 N–H and O–H groups in total. The SMILES string of the molecule is CN=C(NCCCCN1C(=O)c2ccccc2C1=O)NCCN(C(C)C)C(C)C. The van der Waals surface area contributed by atoms with Crippen molar-refractivity contribution in [2.24, 2.45) is 4.99 Å². The summed E-state index contributed by atoms with van der Waals surface area (Å²) >= 11 is 0. The molecule has 0 aromatic heterocycles. The van der Waals surface area contributed by atoms with Crippen LogP contribution in [0, 0.1) is 0 Å². The van der Waals surface area contributed by atoms with E-state index in [4.69, 9.17) is 0 Å². The molecule has 2 rings (SSSR count). The summed E-state index contributed by atoms with van der Waals surface area (Å²) in [5, 5.41) is 6.64. The Bertz CT molecular complexity index is 687. The summed E-state index contributed by atoms with van der Waals surface area (Å²) in [6.45, 7) is 11.8. The van der Waals surface area contributed by atoms with Crippen LogP contribution in [0.2, 0.25) is 0 Å². The van der Waals surface area contributed by atoms with Crippen LogP contribution in [0.4, 0.5) is 0 Å². The Morgan fingerprint density at radius 1 is 0.966 bits per heavy atom. The van der Waals surface area contributed by atoms with Crippen molar-refractivity contribution in [3.05, 3.63) is 35.4 Å². The number of rotatable bonds is 10. The Balaban J connectivity index is 1.67. The van der Waals surface area contributed by atoms with Crippen LogP contribution in [0.25, 0.3) is 0 Å². The lowest BCUT2D eigenvalue weighted by molar-refractivity contribution is 0.0652. The van der Waals surface area contributed by atoms with Gasteiger partial charge in [-0.15, -0.1) is 0 Å². The van der Waals surface area contributed by atoms with Gasteiger partial charge in [0.2, 0.25) is 0 Å². The zero-order valence-electron chi connectivity index (χ0n) is 18.4. The van der Waals surface area contributed by atoms with E-state index in [0.717, 1.165) is 38.4 Å². The minimum absolute atomic E-state index is 0.184. The molecule has 1 aliphatic heterocycles. The molecule has 0 unspecified atom stereocenters. The Kier molecular flexibility index (Phi) is 8.64. The molecule has 1 heterocycles. The van der Waals surface area contributed by atoms with Gasteiger partial charge in [0.05, 0.1) is 11.1 Å². The zero-order chi connectivity index (χ0) is 21.4. The van der Waals surface area contributed by atoms with Gasteiger partial charge in [-0.05, 0) is 52.7 Å². The third-order valence-corrected chi connectivity index (χ3v) is 5.19. The minimum atomic E-state index is -0.184. The number of hydrogen-bond acceptors (Lipinski definition) is 4. The van der Waals surface area contributed by atoms with E-state index >= 15 is 0 Å². The molecule has 7 nitrogen and oxygen atoms in total. The van der Waals surface area contributed by atoms with Crippen molar-refractivity contribution in [2.75, 3.05) is 33.2 Å². The molecule has 1 aromatic carbocycles. The maximum absolute atomic E-state index is 12.4. The molecule has 7 heteroatoms. The lowest BCUT2D eigenvalue weighted by atomic mass is 10.1. The van der Waals surface area contributed by atoms with Crippen LogP contribution in [0.5, 0.6) is 0 Å². The second-order valence-electron chi connectivity index (χ2n) is 7.87. The Hall–Kier alpha value is -2.41. The summed E-state index contributed by atoms with van der Waals surface area (Å²) in [6.07, 6.45) is 1.60. The third-order valence-electron chi connectivity index (χ3n) is 5.19. The van der Waals surface area contributed by atoms with E-state index in [2.05, 4.69) is 48.2 Å². The molecule has 0 spiro atoms. The van der Waals surface area contributed by atoms with E-state index in [1.807, 2.05) is 0 Å². The van der Waals surface area contributed by atoms with Gasteiger partial charge in [0.15, 0.2) is 5.96 Å². The lowest BCUT2D eigenvalue weighted by Crippen LogP contribution is -2.45. The molecule has 0 fully saturated rings. The molecule has 160 valence electrons. The molecule has 0 atom stereocenters. The predicted octanol–water partition coefficient (Wildman–Crippen LogP) is 2.35. The largest absolute Gasteiger partial charge is 0.356 e. The number of benzene rings is 1. The minimum Gasteiger partial charge on any atom is -0.356 e. The summed E-state index contributed by atoms with van der Waals surface area (Å²) in [5.41, 5.74) is 1.02. The van der Waals surface area contributed by atoms with Crippen molar-refractivity contribution in [1.29, 1.82) is 0 Å². The zero-order valence-corrected chi connectivity index (χ0v) is 18.4. The summed E-state index contributed by atoms with van der Waals surface area (Å²) in [5.74, 6) is 0.407. The topological polar surface area (TPSA) is 77.0 Å². The highest BCUT2D eigenvalue weighted by molar-refractivity contribution is 6.21. The second kappa shape index (κ2) is 11.0. The maximum Gasteiger partial charge on any atom is 0.261 e. The summed E-state index contributed by atoms with van der Waals surface area (Å²) in [7, 11) is 1.76. The quantitative estimate of drug-likeness (QED) is 0.272. The monoisotopic (exact) mass is 401 g/mol. The van der Waals surface area contributed by atoms with Gasteiger partial charge in [-0.1, -0.05) is 12.1 Å². The highest BCUT2D eigenvalue weighted by Gasteiger charge is 2.34. The lowest BCUT2D eigenvalue weighted by Gasteiger charge is -2.30. The maximum atomic E-state index is 12.4. The van der Waals surface area contributed by atoms with E-state index in [0.29, 0.717) is 29.8 Å². The summed E-state index contributed by atoms with van der Waals surface area (Å²) < 4.78 is 0. The highest BCUT2D eigenvalue weighted by Crippen LogP contribution is 2.22. The van der Waals surface area contributed by atoms with Crippen molar-refractivity contribution in [1.82, 2.24) is 20.4 Å². The van der Waals surface area contributed by atoms with Gasteiger partial charge in [-0.25, -0.2) is 0 Å². The number of unbranched alkanes of at least 4 members (excludes halogenated alkanes) is 1. The first-order valence-electron chi connectivity index (χ1n) is 10.5. The Morgan fingerprint density at radius 3 is 2.03 bits per heavy atom. The van der Waals surface area contributed by atoms with Crippen molar-refractivity contribution in [3.8, 4) is 0 Å². The molecule has 0 saturated heterocycles. The fraction of sp³-hybridized carbons (Fsp3) is 0.591. The van der Waals surface area contributed by atoms with E-state index in [9.17, 15) is 9.59 Å².